The van der Waals surface area contributed by atoms with Crippen LogP contribution in [0.25, 0.3) is 5.82 Å². The molecule has 1 amide bonds. The predicted octanol–water partition coefficient (Wildman–Crippen LogP) is 2.93. The molecule has 0 aliphatic heterocycles. The monoisotopic (exact) mass is 333 g/mol. The molecule has 1 N–H and O–H groups in total. The summed E-state index contributed by atoms with van der Waals surface area (Å²) in [6, 6.07) is 7.33. The molecule has 0 atom stereocenters. The molecule has 24 heavy (non-hydrogen) atoms. The van der Waals surface area contributed by atoms with Crippen molar-refractivity contribution < 1.29 is 18.0 Å². The quantitative estimate of drug-likeness (QED) is 0.800. The van der Waals surface area contributed by atoms with Gasteiger partial charge in [0.05, 0.1) is 5.56 Å². The number of nitrogens with zero attached hydrogens (tertiary/aromatic N) is 4. The lowest BCUT2D eigenvalue weighted by Gasteiger charge is -2.09. The van der Waals surface area contributed by atoms with Crippen LogP contribution in [0.4, 0.5) is 18.9 Å². The molecule has 0 radical (unpaired) electrons. The highest BCUT2D eigenvalue weighted by molar-refractivity contribution is 6.02. The van der Waals surface area contributed by atoms with Gasteiger partial charge in [0.25, 0.3) is 5.91 Å². The van der Waals surface area contributed by atoms with Gasteiger partial charge < -0.3 is 5.32 Å². The molecule has 122 valence electrons. The summed E-state index contributed by atoms with van der Waals surface area (Å²) in [6.07, 6.45) is 0.266. The first-order chi connectivity index (χ1) is 11.4. The molecule has 9 heteroatoms. The van der Waals surface area contributed by atoms with E-state index in [1.165, 1.54) is 24.5 Å². The van der Waals surface area contributed by atoms with Gasteiger partial charge in [0, 0.05) is 18.1 Å². The van der Waals surface area contributed by atoms with Crippen molar-refractivity contribution in [2.24, 2.45) is 0 Å². The van der Waals surface area contributed by atoms with Crippen molar-refractivity contribution in [2.75, 3.05) is 5.32 Å². The molecule has 0 fully saturated rings. The van der Waals surface area contributed by atoms with Crippen LogP contribution in [-0.2, 0) is 6.18 Å². The highest BCUT2D eigenvalue weighted by Crippen LogP contribution is 2.30. The number of aromatic nitrogens is 4. The van der Waals surface area contributed by atoms with Crippen LogP contribution < -0.4 is 5.32 Å². The molecule has 0 aliphatic rings. The third kappa shape index (κ3) is 3.40. The predicted molar refractivity (Wildman–Crippen MR) is 78.6 cm³/mol. The van der Waals surface area contributed by atoms with E-state index in [1.54, 1.807) is 23.0 Å². The molecule has 2 aromatic heterocycles. The first kappa shape index (κ1) is 15.7. The van der Waals surface area contributed by atoms with Gasteiger partial charge in [-0.2, -0.15) is 13.2 Å². The van der Waals surface area contributed by atoms with Crippen LogP contribution in [0.15, 0.2) is 55.1 Å². The van der Waals surface area contributed by atoms with Crippen molar-refractivity contribution in [2.45, 2.75) is 6.18 Å². The number of imidazole rings is 1. The van der Waals surface area contributed by atoms with Crippen LogP contribution in [0.5, 0.6) is 0 Å². The smallest absolute Gasteiger partial charge is 0.321 e. The summed E-state index contributed by atoms with van der Waals surface area (Å²) >= 11 is 0. The number of amides is 1. The number of carbonyl (C=O) groups is 1. The molecule has 6 nitrogen and oxygen atoms in total. The molecule has 0 spiro atoms. The van der Waals surface area contributed by atoms with E-state index in [0.717, 1.165) is 12.1 Å². The number of benzene rings is 1. The van der Waals surface area contributed by atoms with Crippen molar-refractivity contribution in [3.8, 4) is 5.82 Å². The zero-order valence-electron chi connectivity index (χ0n) is 12.0. The number of halogens is 3. The van der Waals surface area contributed by atoms with Crippen LogP contribution >= 0.6 is 0 Å². The Balaban J connectivity index is 1.76. The van der Waals surface area contributed by atoms with E-state index in [2.05, 4.69) is 20.5 Å². The zero-order valence-corrected chi connectivity index (χ0v) is 12.0. The van der Waals surface area contributed by atoms with Gasteiger partial charge in [-0.3, -0.25) is 9.36 Å². The lowest BCUT2D eigenvalue weighted by molar-refractivity contribution is -0.137. The Labute approximate surface area is 134 Å². The second-order valence-corrected chi connectivity index (χ2v) is 4.78. The molecule has 2 heterocycles. The van der Waals surface area contributed by atoms with E-state index < -0.39 is 17.6 Å². The first-order valence-corrected chi connectivity index (χ1v) is 6.74. The molecule has 0 aliphatic carbocycles. The molecule has 0 unspecified atom stereocenters. The van der Waals surface area contributed by atoms with Crippen LogP contribution in [0.1, 0.15) is 16.1 Å². The number of rotatable bonds is 3. The summed E-state index contributed by atoms with van der Waals surface area (Å²) in [5, 5.41) is 10.0. The van der Waals surface area contributed by atoms with Crippen molar-refractivity contribution in [1.82, 2.24) is 19.7 Å². The number of carbonyl (C=O) groups excluding carboxylic acids is 1. The second kappa shape index (κ2) is 6.11. The van der Waals surface area contributed by atoms with Gasteiger partial charge in [0.2, 0.25) is 0 Å². The summed E-state index contributed by atoms with van der Waals surface area (Å²) in [5.41, 5.74) is -0.839. The van der Waals surface area contributed by atoms with Gasteiger partial charge in [-0.25, -0.2) is 4.98 Å². The van der Waals surface area contributed by atoms with E-state index in [4.69, 9.17) is 0 Å². The lowest BCUT2D eigenvalue weighted by Crippen LogP contribution is -2.15. The van der Waals surface area contributed by atoms with Crippen LogP contribution in [-0.4, -0.2) is 25.7 Å². The number of alkyl halides is 3. The van der Waals surface area contributed by atoms with Gasteiger partial charge in [0.1, 0.15) is 6.33 Å². The largest absolute Gasteiger partial charge is 0.416 e. The molecule has 0 saturated carbocycles. The van der Waals surface area contributed by atoms with Crippen molar-refractivity contribution >= 4 is 11.6 Å². The van der Waals surface area contributed by atoms with Gasteiger partial charge >= 0.3 is 6.18 Å². The fraction of sp³-hybridized carbons (Fsp3) is 0.0667. The third-order valence-electron chi connectivity index (χ3n) is 3.10. The van der Waals surface area contributed by atoms with Crippen LogP contribution in [0.2, 0.25) is 0 Å². The van der Waals surface area contributed by atoms with E-state index in [-0.39, 0.29) is 11.4 Å². The first-order valence-electron chi connectivity index (χ1n) is 6.74. The highest BCUT2D eigenvalue weighted by atomic mass is 19.4. The average Bonchev–Trinajstić information content (AvgIpc) is 3.09. The topological polar surface area (TPSA) is 72.7 Å². The molecule has 0 saturated heterocycles. The number of hydrogen-bond donors (Lipinski definition) is 1. The minimum Gasteiger partial charge on any atom is -0.321 e. The average molecular weight is 333 g/mol. The fourth-order valence-corrected chi connectivity index (χ4v) is 1.95. The fourth-order valence-electron chi connectivity index (χ4n) is 1.95. The van der Waals surface area contributed by atoms with Crippen molar-refractivity contribution in [3.05, 3.63) is 66.4 Å². The maximum absolute atomic E-state index is 12.7. The highest BCUT2D eigenvalue weighted by Gasteiger charge is 2.30. The Kier molecular flexibility index (Phi) is 3.98. The van der Waals surface area contributed by atoms with Gasteiger partial charge in [-0.15, -0.1) is 10.2 Å². The molecular weight excluding hydrogens is 323 g/mol. The standard InChI is InChI=1S/C15H10F3N5O/c16-15(17,18)10-2-1-3-11(8-10)20-14(24)12-4-5-13(22-21-12)23-7-6-19-9-23/h1-9H,(H,20,24). The summed E-state index contributed by atoms with van der Waals surface area (Å²) in [6.45, 7) is 0. The maximum atomic E-state index is 12.7. The van der Waals surface area contributed by atoms with Crippen LogP contribution in [0, 0.1) is 0 Å². The summed E-state index contributed by atoms with van der Waals surface area (Å²) in [7, 11) is 0. The summed E-state index contributed by atoms with van der Waals surface area (Å²) in [4.78, 5) is 15.9. The van der Waals surface area contributed by atoms with E-state index in [0.29, 0.717) is 5.82 Å². The molecule has 0 bridgehead atoms. The van der Waals surface area contributed by atoms with Crippen LogP contribution in [0.3, 0.4) is 0 Å². The normalized spacial score (nSPS) is 11.3. The van der Waals surface area contributed by atoms with Gasteiger partial charge in [-0.1, -0.05) is 6.07 Å². The Morgan fingerprint density at radius 3 is 2.58 bits per heavy atom. The maximum Gasteiger partial charge on any atom is 0.416 e. The van der Waals surface area contributed by atoms with Gasteiger partial charge in [0.15, 0.2) is 11.5 Å². The molecule has 3 aromatic rings. The Hall–Kier alpha value is -3.23. The Morgan fingerprint density at radius 1 is 1.12 bits per heavy atom. The van der Waals surface area contributed by atoms with E-state index in [9.17, 15) is 18.0 Å². The summed E-state index contributed by atoms with van der Waals surface area (Å²) < 4.78 is 39.6. The van der Waals surface area contributed by atoms with Crippen molar-refractivity contribution in [1.29, 1.82) is 0 Å². The molecule has 3 rings (SSSR count). The molecular formula is C15H10F3N5O. The lowest BCUT2D eigenvalue weighted by atomic mass is 10.2. The number of hydrogen-bond acceptors (Lipinski definition) is 4. The molecule has 1 aromatic carbocycles. The minimum absolute atomic E-state index is 0.0173. The van der Waals surface area contributed by atoms with E-state index in [1.807, 2.05) is 0 Å². The Morgan fingerprint density at radius 2 is 1.96 bits per heavy atom. The summed E-state index contributed by atoms with van der Waals surface area (Å²) in [5.74, 6) is -0.192. The van der Waals surface area contributed by atoms with Crippen molar-refractivity contribution in [3.63, 3.8) is 0 Å². The van der Waals surface area contributed by atoms with E-state index >= 15 is 0 Å². The number of anilines is 1. The number of nitrogens with one attached hydrogen (secondary N) is 1. The SMILES string of the molecule is O=C(Nc1cccc(C(F)(F)F)c1)c1ccc(-n2ccnc2)nn1. The zero-order chi connectivity index (χ0) is 17.2. The minimum atomic E-state index is -4.48. The Bertz CT molecular complexity index is 844. The second-order valence-electron chi connectivity index (χ2n) is 4.78. The van der Waals surface area contributed by atoms with Gasteiger partial charge in [-0.05, 0) is 30.3 Å². The third-order valence-corrected chi connectivity index (χ3v) is 3.10.